The van der Waals surface area contributed by atoms with Crippen molar-refractivity contribution in [2.75, 3.05) is 19.7 Å². The lowest BCUT2D eigenvalue weighted by molar-refractivity contribution is -0.166. The number of halogens is 1. The molecule has 0 radical (unpaired) electrons. The number of benzene rings is 2. The van der Waals surface area contributed by atoms with Gasteiger partial charge in [0.15, 0.2) is 5.90 Å². The third kappa shape index (κ3) is 4.87. The van der Waals surface area contributed by atoms with Crippen molar-refractivity contribution in [1.82, 2.24) is 5.32 Å². The van der Waals surface area contributed by atoms with Gasteiger partial charge >= 0.3 is 5.97 Å². The highest BCUT2D eigenvalue weighted by atomic mass is 35.5. The monoisotopic (exact) mass is 388 g/mol. The molecular weight excluding hydrogens is 364 g/mol. The van der Waals surface area contributed by atoms with Crippen LogP contribution >= 0.6 is 12.4 Å². The fourth-order valence-corrected chi connectivity index (χ4v) is 3.42. The minimum absolute atomic E-state index is 0. The van der Waals surface area contributed by atoms with Crippen LogP contribution in [0.15, 0.2) is 60.7 Å². The number of carbonyl (C=O) groups is 1. The molecule has 1 aliphatic heterocycles. The van der Waals surface area contributed by atoms with E-state index in [0.717, 1.165) is 11.1 Å². The van der Waals surface area contributed by atoms with Gasteiger partial charge in [0.2, 0.25) is 0 Å². The van der Waals surface area contributed by atoms with Gasteiger partial charge < -0.3 is 14.8 Å². The lowest BCUT2D eigenvalue weighted by atomic mass is 9.73. The van der Waals surface area contributed by atoms with Crippen LogP contribution in [-0.4, -0.2) is 37.2 Å². The van der Waals surface area contributed by atoms with Gasteiger partial charge in [0.1, 0.15) is 12.0 Å². The number of hydrogen-bond acceptors (Lipinski definition) is 5. The van der Waals surface area contributed by atoms with Crippen molar-refractivity contribution in [3.8, 4) is 0 Å². The number of hydrogen-bond donors (Lipinski definition) is 2. The van der Waals surface area contributed by atoms with E-state index in [4.69, 9.17) is 14.9 Å². The first kappa shape index (κ1) is 20.9. The second kappa shape index (κ2) is 9.53. The first-order chi connectivity index (χ1) is 12.6. The van der Waals surface area contributed by atoms with E-state index in [0.29, 0.717) is 19.7 Å². The summed E-state index contributed by atoms with van der Waals surface area (Å²) >= 11 is 0. The molecule has 0 aromatic heterocycles. The molecule has 1 fully saturated rings. The van der Waals surface area contributed by atoms with Crippen molar-refractivity contribution in [2.45, 2.75) is 24.9 Å². The third-order valence-corrected chi connectivity index (χ3v) is 4.58. The maximum atomic E-state index is 12.4. The van der Waals surface area contributed by atoms with Gasteiger partial charge in [0.05, 0.1) is 12.5 Å². The molecule has 6 heteroatoms. The molecule has 0 bridgehead atoms. The fraction of sp³-hybridized carbons (Fsp3) is 0.333. The lowest BCUT2D eigenvalue weighted by Crippen LogP contribution is -2.65. The molecule has 27 heavy (non-hydrogen) atoms. The van der Waals surface area contributed by atoms with Gasteiger partial charge in [0.25, 0.3) is 0 Å². The van der Waals surface area contributed by atoms with E-state index in [1.807, 2.05) is 36.4 Å². The predicted octanol–water partition coefficient (Wildman–Crippen LogP) is 3.53. The van der Waals surface area contributed by atoms with Gasteiger partial charge in [-0.25, -0.2) is 0 Å². The van der Waals surface area contributed by atoms with Crippen LogP contribution in [0.2, 0.25) is 0 Å². The molecule has 0 amide bonds. The molecule has 0 unspecified atom stereocenters. The van der Waals surface area contributed by atoms with Gasteiger partial charge in [-0.3, -0.25) is 10.2 Å². The van der Waals surface area contributed by atoms with Gasteiger partial charge in [-0.15, -0.1) is 12.4 Å². The molecule has 0 atom stereocenters. The maximum Gasteiger partial charge on any atom is 0.315 e. The van der Waals surface area contributed by atoms with Crippen LogP contribution in [0, 0.1) is 5.41 Å². The average molecular weight is 389 g/mol. The Morgan fingerprint density at radius 2 is 1.59 bits per heavy atom. The van der Waals surface area contributed by atoms with Crippen molar-refractivity contribution in [3.05, 3.63) is 71.8 Å². The van der Waals surface area contributed by atoms with Crippen LogP contribution in [0.1, 0.15) is 30.4 Å². The number of ether oxygens (including phenoxy) is 2. The molecule has 5 nitrogen and oxygen atoms in total. The highest BCUT2D eigenvalue weighted by Gasteiger charge is 2.49. The SMILES string of the molecule is CCOC(=N)CC(=O)OC1(C(c2ccccc2)c2ccccc2)CNC1.Cl. The van der Waals surface area contributed by atoms with Crippen LogP contribution < -0.4 is 5.32 Å². The van der Waals surface area contributed by atoms with E-state index in [1.54, 1.807) is 6.92 Å². The first-order valence-electron chi connectivity index (χ1n) is 8.87. The smallest absolute Gasteiger partial charge is 0.315 e. The number of carbonyl (C=O) groups excluding carboxylic acids is 1. The fourth-order valence-electron chi connectivity index (χ4n) is 3.42. The van der Waals surface area contributed by atoms with Gasteiger partial charge in [0, 0.05) is 13.1 Å². The molecular formula is C21H25ClN2O3. The third-order valence-electron chi connectivity index (χ3n) is 4.58. The van der Waals surface area contributed by atoms with Crippen molar-refractivity contribution in [3.63, 3.8) is 0 Å². The summed E-state index contributed by atoms with van der Waals surface area (Å²) in [5.41, 5.74) is 1.55. The Kier molecular flexibility index (Phi) is 7.39. The molecule has 0 saturated carbocycles. The highest BCUT2D eigenvalue weighted by Crippen LogP contribution is 2.40. The van der Waals surface area contributed by atoms with E-state index < -0.39 is 11.6 Å². The molecule has 1 aliphatic rings. The number of esters is 1. The van der Waals surface area contributed by atoms with Crippen LogP contribution in [0.5, 0.6) is 0 Å². The predicted molar refractivity (Wildman–Crippen MR) is 108 cm³/mol. The summed E-state index contributed by atoms with van der Waals surface area (Å²) in [6.45, 7) is 3.32. The highest BCUT2D eigenvalue weighted by molar-refractivity contribution is 5.92. The number of rotatable bonds is 7. The van der Waals surface area contributed by atoms with Gasteiger partial charge in [-0.2, -0.15) is 0 Å². The Morgan fingerprint density at radius 1 is 1.07 bits per heavy atom. The molecule has 0 aliphatic carbocycles. The zero-order valence-corrected chi connectivity index (χ0v) is 16.1. The molecule has 2 aromatic carbocycles. The summed E-state index contributed by atoms with van der Waals surface area (Å²) in [5.74, 6) is -0.561. The van der Waals surface area contributed by atoms with Crippen molar-refractivity contribution in [2.24, 2.45) is 0 Å². The number of nitrogens with one attached hydrogen (secondary N) is 2. The molecule has 2 N–H and O–H groups in total. The Balaban J connectivity index is 0.00000261. The van der Waals surface area contributed by atoms with E-state index in [2.05, 4.69) is 29.6 Å². The van der Waals surface area contributed by atoms with Crippen LogP contribution in [-0.2, 0) is 14.3 Å². The summed E-state index contributed by atoms with van der Waals surface area (Å²) in [6.07, 6.45) is -0.147. The maximum absolute atomic E-state index is 12.4. The summed E-state index contributed by atoms with van der Waals surface area (Å²) in [5, 5.41) is 10.9. The van der Waals surface area contributed by atoms with Crippen LogP contribution in [0.3, 0.4) is 0 Å². The largest absolute Gasteiger partial charge is 0.481 e. The molecule has 0 spiro atoms. The minimum atomic E-state index is -0.660. The van der Waals surface area contributed by atoms with E-state index >= 15 is 0 Å². The van der Waals surface area contributed by atoms with E-state index in [1.165, 1.54) is 0 Å². The average Bonchev–Trinajstić information content (AvgIpc) is 2.61. The Labute approximate surface area is 166 Å². The lowest BCUT2D eigenvalue weighted by Gasteiger charge is -2.47. The second-order valence-electron chi connectivity index (χ2n) is 6.43. The molecule has 2 aromatic rings. The Hall–Kier alpha value is -2.37. The topological polar surface area (TPSA) is 71.4 Å². The standard InChI is InChI=1S/C21H24N2O3.ClH/c1-2-25-18(22)13-19(24)26-21(14-23-15-21)20(16-9-5-3-6-10-16)17-11-7-4-8-12-17;/h3-12,20,22-23H,2,13-15H2,1H3;1H. The van der Waals surface area contributed by atoms with Crippen molar-refractivity contribution < 1.29 is 14.3 Å². The van der Waals surface area contributed by atoms with Crippen molar-refractivity contribution >= 4 is 24.3 Å². The summed E-state index contributed by atoms with van der Waals surface area (Å²) in [6, 6.07) is 20.2. The summed E-state index contributed by atoms with van der Waals surface area (Å²) < 4.78 is 11.0. The van der Waals surface area contributed by atoms with E-state index in [-0.39, 0.29) is 30.6 Å². The minimum Gasteiger partial charge on any atom is -0.481 e. The normalized spacial score (nSPS) is 14.6. The second-order valence-corrected chi connectivity index (χ2v) is 6.43. The van der Waals surface area contributed by atoms with Gasteiger partial charge in [-0.1, -0.05) is 60.7 Å². The summed E-state index contributed by atoms with van der Waals surface area (Å²) in [7, 11) is 0. The molecule has 1 heterocycles. The zero-order chi connectivity index (χ0) is 18.4. The molecule has 1 saturated heterocycles. The summed E-state index contributed by atoms with van der Waals surface area (Å²) in [4.78, 5) is 12.4. The molecule has 144 valence electrons. The zero-order valence-electron chi connectivity index (χ0n) is 15.3. The first-order valence-corrected chi connectivity index (χ1v) is 8.87. The Bertz CT molecular complexity index is 709. The Morgan fingerprint density at radius 3 is 2.00 bits per heavy atom. The quantitative estimate of drug-likeness (QED) is 0.432. The van der Waals surface area contributed by atoms with Crippen molar-refractivity contribution in [1.29, 1.82) is 5.41 Å². The van der Waals surface area contributed by atoms with Crippen LogP contribution in [0.25, 0.3) is 0 Å². The van der Waals surface area contributed by atoms with Crippen LogP contribution in [0.4, 0.5) is 0 Å². The molecule has 3 rings (SSSR count). The van der Waals surface area contributed by atoms with Gasteiger partial charge in [-0.05, 0) is 18.1 Å². The van der Waals surface area contributed by atoms with E-state index in [9.17, 15) is 4.79 Å².